The molecule has 0 saturated carbocycles. The third-order valence-corrected chi connectivity index (χ3v) is 3.03. The Kier molecular flexibility index (Phi) is 3.94. The highest BCUT2D eigenvalue weighted by molar-refractivity contribution is 6.22. The molecule has 0 radical (unpaired) electrons. The van der Waals surface area contributed by atoms with Gasteiger partial charge in [0.2, 0.25) is 0 Å². The molecule has 2 aromatic carbocycles. The minimum Gasteiger partial charge on any atom is -0.294 e. The van der Waals surface area contributed by atoms with E-state index in [0.29, 0.717) is 12.0 Å². The van der Waals surface area contributed by atoms with Gasteiger partial charge < -0.3 is 0 Å². The van der Waals surface area contributed by atoms with Gasteiger partial charge in [-0.25, -0.2) is 0 Å². The summed E-state index contributed by atoms with van der Waals surface area (Å²) in [6, 6.07) is 18.9. The van der Waals surface area contributed by atoms with E-state index < -0.39 is 0 Å². The molecule has 0 fully saturated rings. The molecular formula is C15H13ClO. The lowest BCUT2D eigenvalue weighted by Crippen LogP contribution is -2.03. The van der Waals surface area contributed by atoms with E-state index in [2.05, 4.69) is 0 Å². The lowest BCUT2D eigenvalue weighted by molar-refractivity contribution is 0.0981. The zero-order chi connectivity index (χ0) is 12.1. The summed E-state index contributed by atoms with van der Waals surface area (Å²) in [6.45, 7) is 0. The molecule has 17 heavy (non-hydrogen) atoms. The Bertz CT molecular complexity index is 479. The van der Waals surface area contributed by atoms with Crippen molar-refractivity contribution in [1.29, 1.82) is 0 Å². The Labute approximate surface area is 106 Å². The molecule has 0 aliphatic rings. The van der Waals surface area contributed by atoms with Gasteiger partial charge in [0, 0.05) is 12.0 Å². The summed E-state index contributed by atoms with van der Waals surface area (Å²) in [5.41, 5.74) is 1.70. The van der Waals surface area contributed by atoms with E-state index in [-0.39, 0.29) is 11.2 Å². The minimum absolute atomic E-state index is 0.0782. The van der Waals surface area contributed by atoms with Crippen molar-refractivity contribution in [2.75, 3.05) is 0 Å². The second-order valence-electron chi connectivity index (χ2n) is 3.87. The van der Waals surface area contributed by atoms with Crippen molar-refractivity contribution in [3.63, 3.8) is 0 Å². The molecule has 0 amide bonds. The summed E-state index contributed by atoms with van der Waals surface area (Å²) < 4.78 is 0. The summed E-state index contributed by atoms with van der Waals surface area (Å²) in [4.78, 5) is 11.9. The monoisotopic (exact) mass is 244 g/mol. The van der Waals surface area contributed by atoms with Gasteiger partial charge >= 0.3 is 0 Å². The van der Waals surface area contributed by atoms with E-state index in [1.807, 2.05) is 60.7 Å². The SMILES string of the molecule is O=C(CC(Cl)c1ccccc1)c1ccccc1. The fraction of sp³-hybridized carbons (Fsp3) is 0.133. The zero-order valence-electron chi connectivity index (χ0n) is 9.34. The number of carbonyl (C=O) groups is 1. The third kappa shape index (κ3) is 3.18. The molecule has 0 saturated heterocycles. The van der Waals surface area contributed by atoms with Crippen molar-refractivity contribution in [2.45, 2.75) is 11.8 Å². The molecule has 0 spiro atoms. The Hall–Kier alpha value is -1.60. The molecule has 1 unspecified atom stereocenters. The van der Waals surface area contributed by atoms with Gasteiger partial charge in [-0.3, -0.25) is 4.79 Å². The van der Waals surface area contributed by atoms with Crippen molar-refractivity contribution in [3.05, 3.63) is 71.8 Å². The molecule has 2 aromatic rings. The van der Waals surface area contributed by atoms with Crippen molar-refractivity contribution in [2.24, 2.45) is 0 Å². The fourth-order valence-corrected chi connectivity index (χ4v) is 1.97. The topological polar surface area (TPSA) is 17.1 Å². The van der Waals surface area contributed by atoms with Crippen molar-refractivity contribution < 1.29 is 4.79 Å². The lowest BCUT2D eigenvalue weighted by atomic mass is 10.0. The predicted octanol–water partition coefficient (Wildman–Crippen LogP) is 4.24. The highest BCUT2D eigenvalue weighted by atomic mass is 35.5. The average molecular weight is 245 g/mol. The Balaban J connectivity index is 2.05. The molecule has 2 rings (SSSR count). The van der Waals surface area contributed by atoms with Crippen LogP contribution in [0.2, 0.25) is 0 Å². The molecule has 0 aliphatic carbocycles. The summed E-state index contributed by atoms with van der Waals surface area (Å²) >= 11 is 6.23. The molecule has 2 heteroatoms. The highest BCUT2D eigenvalue weighted by Gasteiger charge is 2.13. The highest BCUT2D eigenvalue weighted by Crippen LogP contribution is 2.25. The minimum atomic E-state index is -0.260. The molecule has 0 N–H and O–H groups in total. The number of rotatable bonds is 4. The molecular weight excluding hydrogens is 232 g/mol. The van der Waals surface area contributed by atoms with Crippen LogP contribution in [0.5, 0.6) is 0 Å². The zero-order valence-corrected chi connectivity index (χ0v) is 10.1. The van der Waals surface area contributed by atoms with Crippen LogP contribution in [0.3, 0.4) is 0 Å². The Morgan fingerprint density at radius 3 is 2.06 bits per heavy atom. The fourth-order valence-electron chi connectivity index (χ4n) is 1.68. The summed E-state index contributed by atoms with van der Waals surface area (Å²) in [7, 11) is 0. The number of ketones is 1. The van der Waals surface area contributed by atoms with E-state index in [9.17, 15) is 4.79 Å². The van der Waals surface area contributed by atoms with Gasteiger partial charge in [-0.05, 0) is 5.56 Å². The second-order valence-corrected chi connectivity index (χ2v) is 4.40. The van der Waals surface area contributed by atoms with Crippen LogP contribution in [-0.4, -0.2) is 5.78 Å². The van der Waals surface area contributed by atoms with Gasteiger partial charge in [0.05, 0.1) is 5.38 Å². The van der Waals surface area contributed by atoms with Gasteiger partial charge in [0.1, 0.15) is 0 Å². The number of halogens is 1. The number of alkyl halides is 1. The molecule has 86 valence electrons. The number of carbonyl (C=O) groups excluding carboxylic acids is 1. The molecule has 0 heterocycles. The van der Waals surface area contributed by atoms with Gasteiger partial charge in [0.15, 0.2) is 5.78 Å². The summed E-state index contributed by atoms with van der Waals surface area (Å²) in [5, 5.41) is -0.260. The van der Waals surface area contributed by atoms with Crippen LogP contribution in [0.15, 0.2) is 60.7 Å². The number of hydrogen-bond acceptors (Lipinski definition) is 1. The smallest absolute Gasteiger partial charge is 0.164 e. The summed E-state index contributed by atoms with van der Waals surface area (Å²) in [6.07, 6.45) is 0.329. The normalized spacial score (nSPS) is 12.1. The standard InChI is InChI=1S/C15H13ClO/c16-14(12-7-3-1-4-8-12)11-15(17)13-9-5-2-6-10-13/h1-10,14H,11H2. The molecule has 1 nitrogen and oxygen atoms in total. The number of hydrogen-bond donors (Lipinski definition) is 0. The molecule has 0 bridgehead atoms. The van der Waals surface area contributed by atoms with E-state index in [4.69, 9.17) is 11.6 Å². The van der Waals surface area contributed by atoms with Gasteiger partial charge in [0.25, 0.3) is 0 Å². The first-order chi connectivity index (χ1) is 8.27. The van der Waals surface area contributed by atoms with E-state index in [1.54, 1.807) is 0 Å². The van der Waals surface area contributed by atoms with E-state index in [0.717, 1.165) is 5.56 Å². The van der Waals surface area contributed by atoms with Crippen LogP contribution in [0, 0.1) is 0 Å². The van der Waals surface area contributed by atoms with E-state index in [1.165, 1.54) is 0 Å². The molecule has 0 aromatic heterocycles. The maximum atomic E-state index is 11.9. The molecule has 1 atom stereocenters. The van der Waals surface area contributed by atoms with E-state index >= 15 is 0 Å². The third-order valence-electron chi connectivity index (χ3n) is 2.62. The van der Waals surface area contributed by atoms with Crippen LogP contribution in [-0.2, 0) is 0 Å². The first-order valence-electron chi connectivity index (χ1n) is 5.54. The van der Waals surface area contributed by atoms with Gasteiger partial charge in [-0.1, -0.05) is 60.7 Å². The van der Waals surface area contributed by atoms with Crippen LogP contribution in [0.4, 0.5) is 0 Å². The van der Waals surface area contributed by atoms with Crippen LogP contribution in [0.25, 0.3) is 0 Å². The van der Waals surface area contributed by atoms with Crippen LogP contribution < -0.4 is 0 Å². The summed E-state index contributed by atoms with van der Waals surface area (Å²) in [5.74, 6) is 0.0782. The van der Waals surface area contributed by atoms with Gasteiger partial charge in [-0.15, -0.1) is 11.6 Å². The average Bonchev–Trinajstić information content (AvgIpc) is 2.40. The number of Topliss-reactive ketones (excluding diaryl/α,β-unsaturated/α-hetero) is 1. The quantitative estimate of drug-likeness (QED) is 0.581. The first-order valence-corrected chi connectivity index (χ1v) is 5.98. The number of benzene rings is 2. The Morgan fingerprint density at radius 1 is 0.941 bits per heavy atom. The largest absolute Gasteiger partial charge is 0.294 e. The molecule has 0 aliphatic heterocycles. The van der Waals surface area contributed by atoms with Crippen molar-refractivity contribution in [3.8, 4) is 0 Å². The second kappa shape index (κ2) is 5.65. The van der Waals surface area contributed by atoms with Crippen molar-refractivity contribution >= 4 is 17.4 Å². The maximum Gasteiger partial charge on any atom is 0.164 e. The first kappa shape index (κ1) is 11.9. The lowest BCUT2D eigenvalue weighted by Gasteiger charge is -2.08. The maximum absolute atomic E-state index is 11.9. The van der Waals surface area contributed by atoms with Crippen LogP contribution in [0.1, 0.15) is 27.7 Å². The van der Waals surface area contributed by atoms with Crippen LogP contribution >= 0.6 is 11.6 Å². The van der Waals surface area contributed by atoms with Gasteiger partial charge in [-0.2, -0.15) is 0 Å². The van der Waals surface area contributed by atoms with Crippen molar-refractivity contribution in [1.82, 2.24) is 0 Å². The Morgan fingerprint density at radius 2 is 1.47 bits per heavy atom. The predicted molar refractivity (Wildman–Crippen MR) is 70.4 cm³/mol.